The maximum Gasteiger partial charge on any atom is 0.0838 e. The van der Waals surface area contributed by atoms with Gasteiger partial charge in [-0.15, -0.1) is 11.6 Å². The largest absolute Gasteiger partial charge is 0.374 e. The molecular weight excluding hydrogens is 221 g/mol. The van der Waals surface area contributed by atoms with Crippen molar-refractivity contribution in [2.24, 2.45) is 0 Å². The molecular formula is C10H17Cl2NO. The van der Waals surface area contributed by atoms with Gasteiger partial charge in [-0.2, -0.15) is 0 Å². The van der Waals surface area contributed by atoms with Crippen molar-refractivity contribution in [1.29, 1.82) is 0 Å². The molecule has 2 unspecified atom stereocenters. The third-order valence-electron chi connectivity index (χ3n) is 2.45. The fourth-order valence-corrected chi connectivity index (χ4v) is 1.80. The first-order chi connectivity index (χ1) is 6.67. The second-order valence-corrected chi connectivity index (χ2v) is 4.37. The predicted molar refractivity (Wildman–Crippen MR) is 61.1 cm³/mol. The van der Waals surface area contributed by atoms with E-state index in [1.54, 1.807) is 5.54 Å². The number of morpholine rings is 1. The van der Waals surface area contributed by atoms with Gasteiger partial charge in [-0.25, -0.2) is 0 Å². The number of ether oxygens (including phenoxy) is 1. The van der Waals surface area contributed by atoms with Crippen molar-refractivity contribution in [3.8, 4) is 0 Å². The van der Waals surface area contributed by atoms with E-state index < -0.39 is 0 Å². The Morgan fingerprint density at radius 2 is 2.36 bits per heavy atom. The molecule has 0 amide bonds. The SMILES string of the molecule is CC(=CCl)CN1CC(CCl)OCC1C. The Labute approximate surface area is 95.8 Å². The maximum atomic E-state index is 5.77. The van der Waals surface area contributed by atoms with Crippen LogP contribution >= 0.6 is 23.2 Å². The Kier molecular flexibility index (Phi) is 5.24. The first-order valence-electron chi connectivity index (χ1n) is 4.84. The Morgan fingerprint density at radius 3 is 2.93 bits per heavy atom. The van der Waals surface area contributed by atoms with Crippen molar-refractivity contribution in [2.75, 3.05) is 25.6 Å². The number of halogens is 2. The Hall–Kier alpha value is 0.240. The summed E-state index contributed by atoms with van der Waals surface area (Å²) in [4.78, 5) is 2.35. The van der Waals surface area contributed by atoms with E-state index in [1.807, 2.05) is 6.92 Å². The molecule has 1 saturated heterocycles. The summed E-state index contributed by atoms with van der Waals surface area (Å²) in [6.07, 6.45) is 0.163. The van der Waals surface area contributed by atoms with E-state index in [9.17, 15) is 0 Å². The molecule has 14 heavy (non-hydrogen) atoms. The molecule has 0 aliphatic carbocycles. The molecule has 0 aromatic heterocycles. The normalized spacial score (nSPS) is 30.7. The summed E-state index contributed by atoms with van der Waals surface area (Å²) in [5.41, 5.74) is 2.81. The summed E-state index contributed by atoms with van der Waals surface area (Å²) in [6, 6.07) is 0.445. The minimum Gasteiger partial charge on any atom is -0.374 e. The van der Waals surface area contributed by atoms with Crippen LogP contribution in [0.2, 0.25) is 0 Å². The maximum absolute atomic E-state index is 5.77. The van der Waals surface area contributed by atoms with E-state index in [0.29, 0.717) is 11.9 Å². The van der Waals surface area contributed by atoms with Crippen molar-refractivity contribution in [3.05, 3.63) is 11.1 Å². The molecule has 1 heterocycles. The lowest BCUT2D eigenvalue weighted by atomic mass is 10.2. The molecule has 4 heteroatoms. The third-order valence-corrected chi connectivity index (χ3v) is 3.16. The Morgan fingerprint density at radius 1 is 1.64 bits per heavy atom. The third kappa shape index (κ3) is 3.43. The van der Waals surface area contributed by atoms with Crippen LogP contribution in [0.25, 0.3) is 0 Å². The second kappa shape index (κ2) is 5.96. The van der Waals surface area contributed by atoms with Gasteiger partial charge in [0, 0.05) is 30.5 Å². The van der Waals surface area contributed by atoms with Crippen LogP contribution in [0.1, 0.15) is 13.8 Å². The topological polar surface area (TPSA) is 12.5 Å². The number of hydrogen-bond donors (Lipinski definition) is 0. The van der Waals surface area contributed by atoms with Crippen molar-refractivity contribution < 1.29 is 4.74 Å². The molecule has 1 aliphatic rings. The molecule has 1 fully saturated rings. The first-order valence-corrected chi connectivity index (χ1v) is 5.82. The summed E-state index contributed by atoms with van der Waals surface area (Å²) in [6.45, 7) is 6.75. The average molecular weight is 238 g/mol. The first kappa shape index (κ1) is 12.3. The lowest BCUT2D eigenvalue weighted by molar-refractivity contribution is -0.0440. The second-order valence-electron chi connectivity index (χ2n) is 3.84. The number of rotatable bonds is 3. The van der Waals surface area contributed by atoms with Gasteiger partial charge in [-0.1, -0.05) is 11.6 Å². The highest BCUT2D eigenvalue weighted by Gasteiger charge is 2.25. The number of alkyl halides is 1. The van der Waals surface area contributed by atoms with Crippen molar-refractivity contribution in [3.63, 3.8) is 0 Å². The number of nitrogens with zero attached hydrogens (tertiary/aromatic N) is 1. The zero-order valence-corrected chi connectivity index (χ0v) is 10.2. The van der Waals surface area contributed by atoms with Crippen LogP contribution in [-0.2, 0) is 4.74 Å². The van der Waals surface area contributed by atoms with E-state index in [2.05, 4.69) is 11.8 Å². The van der Waals surface area contributed by atoms with E-state index in [-0.39, 0.29) is 6.10 Å². The van der Waals surface area contributed by atoms with Gasteiger partial charge in [-0.05, 0) is 19.4 Å². The standard InChI is InChI=1S/C10H17Cl2NO/c1-8(3-11)5-13-6-10(4-12)14-7-9(13)2/h3,9-10H,4-7H2,1-2H3. The smallest absolute Gasteiger partial charge is 0.0838 e. The highest BCUT2D eigenvalue weighted by molar-refractivity contribution is 6.25. The molecule has 1 rings (SSSR count). The molecule has 0 aromatic rings. The van der Waals surface area contributed by atoms with Crippen LogP contribution in [-0.4, -0.2) is 42.6 Å². The molecule has 0 bridgehead atoms. The van der Waals surface area contributed by atoms with Crippen LogP contribution in [0, 0.1) is 0 Å². The molecule has 0 radical (unpaired) electrons. The molecule has 0 spiro atoms. The van der Waals surface area contributed by atoms with Crippen LogP contribution in [0.3, 0.4) is 0 Å². The molecule has 2 nitrogen and oxygen atoms in total. The Bertz CT molecular complexity index is 208. The predicted octanol–water partition coefficient (Wildman–Crippen LogP) is 2.46. The van der Waals surface area contributed by atoms with Crippen LogP contribution in [0.4, 0.5) is 0 Å². The van der Waals surface area contributed by atoms with Crippen molar-refractivity contribution in [2.45, 2.75) is 26.0 Å². The lowest BCUT2D eigenvalue weighted by Crippen LogP contribution is -2.49. The van der Waals surface area contributed by atoms with E-state index in [1.165, 1.54) is 5.57 Å². The lowest BCUT2D eigenvalue weighted by Gasteiger charge is -2.37. The fourth-order valence-electron chi connectivity index (χ4n) is 1.54. The van der Waals surface area contributed by atoms with Crippen LogP contribution < -0.4 is 0 Å². The van der Waals surface area contributed by atoms with Gasteiger partial charge in [0.15, 0.2) is 0 Å². The molecule has 0 N–H and O–H groups in total. The highest BCUT2D eigenvalue weighted by Crippen LogP contribution is 2.14. The van der Waals surface area contributed by atoms with Gasteiger partial charge in [0.05, 0.1) is 12.7 Å². The monoisotopic (exact) mass is 237 g/mol. The Balaban J connectivity index is 2.48. The summed E-state index contributed by atoms with van der Waals surface area (Å²) in [7, 11) is 0. The van der Waals surface area contributed by atoms with Gasteiger partial charge in [-0.3, -0.25) is 4.90 Å². The summed E-state index contributed by atoms with van der Waals surface area (Å²) in [5, 5.41) is 0. The number of hydrogen-bond acceptors (Lipinski definition) is 2. The highest BCUT2D eigenvalue weighted by atomic mass is 35.5. The molecule has 82 valence electrons. The quantitative estimate of drug-likeness (QED) is 0.700. The van der Waals surface area contributed by atoms with Crippen LogP contribution in [0.5, 0.6) is 0 Å². The van der Waals surface area contributed by atoms with Gasteiger partial charge < -0.3 is 4.74 Å². The summed E-state index contributed by atoms with van der Waals surface area (Å²) >= 11 is 11.4. The molecule has 0 saturated carbocycles. The van der Waals surface area contributed by atoms with Crippen LogP contribution in [0.15, 0.2) is 11.1 Å². The average Bonchev–Trinajstić information content (AvgIpc) is 2.21. The zero-order chi connectivity index (χ0) is 10.6. The molecule has 1 aliphatic heterocycles. The van der Waals surface area contributed by atoms with Gasteiger partial charge in [0.1, 0.15) is 0 Å². The molecule has 0 aromatic carbocycles. The summed E-state index contributed by atoms with van der Waals surface area (Å²) < 4.78 is 5.56. The van der Waals surface area contributed by atoms with E-state index in [4.69, 9.17) is 27.9 Å². The van der Waals surface area contributed by atoms with E-state index in [0.717, 1.165) is 19.7 Å². The van der Waals surface area contributed by atoms with Gasteiger partial charge in [0.2, 0.25) is 0 Å². The summed E-state index contributed by atoms with van der Waals surface area (Å²) in [5.74, 6) is 0.562. The van der Waals surface area contributed by atoms with Crippen molar-refractivity contribution >= 4 is 23.2 Å². The minimum atomic E-state index is 0.163. The van der Waals surface area contributed by atoms with E-state index >= 15 is 0 Å². The van der Waals surface area contributed by atoms with Gasteiger partial charge in [0.25, 0.3) is 0 Å². The molecule has 2 atom stereocenters. The zero-order valence-electron chi connectivity index (χ0n) is 8.67. The van der Waals surface area contributed by atoms with Crippen molar-refractivity contribution in [1.82, 2.24) is 4.90 Å². The minimum absolute atomic E-state index is 0.163. The fraction of sp³-hybridized carbons (Fsp3) is 0.800. The van der Waals surface area contributed by atoms with Gasteiger partial charge >= 0.3 is 0 Å².